The Hall–Kier alpha value is -1.67. The Balaban J connectivity index is 1.66. The maximum absolute atomic E-state index is 13.4. The van der Waals surface area contributed by atoms with E-state index in [-0.39, 0.29) is 17.2 Å². The van der Waals surface area contributed by atoms with Gasteiger partial charge in [0.2, 0.25) is 10.0 Å². The molecule has 12 heteroatoms. The Kier molecular flexibility index (Phi) is 5.41. The summed E-state index contributed by atoms with van der Waals surface area (Å²) in [5, 5.41) is 10.9. The molecule has 3 aliphatic rings. The van der Waals surface area contributed by atoms with Crippen LogP contribution in [0.1, 0.15) is 27.7 Å². The van der Waals surface area contributed by atoms with Crippen molar-refractivity contribution in [3.63, 3.8) is 0 Å². The van der Waals surface area contributed by atoms with Crippen LogP contribution in [0.5, 0.6) is 0 Å². The van der Waals surface area contributed by atoms with Gasteiger partial charge >= 0.3 is 0 Å². The van der Waals surface area contributed by atoms with Crippen molar-refractivity contribution < 1.29 is 37.0 Å². The molecule has 31 heavy (non-hydrogen) atoms. The van der Waals surface area contributed by atoms with Gasteiger partial charge in [-0.15, -0.1) is 0 Å². The number of nitro groups is 1. The Morgan fingerprint density at radius 3 is 2.23 bits per heavy atom. The number of ether oxygens (including phenoxy) is 5. The number of nitrogens with zero attached hydrogens (tertiary/aromatic N) is 2. The quantitative estimate of drug-likeness (QED) is 0.478. The van der Waals surface area contributed by atoms with E-state index in [1.54, 1.807) is 27.7 Å². The number of hydrogen-bond donors (Lipinski definition) is 0. The zero-order valence-electron chi connectivity index (χ0n) is 17.9. The SMILES string of the molecule is CN([C@@H]1[C@H]2OC(C)(C)O[C@H]2O[C@@H]1[C@H]1COC(C)(C)O1)S(=O)(=O)c1ccc([N+](=O)[O-])cc1. The Morgan fingerprint density at radius 2 is 1.68 bits per heavy atom. The fourth-order valence-electron chi connectivity index (χ4n) is 4.18. The van der Waals surface area contributed by atoms with E-state index in [0.29, 0.717) is 0 Å². The fourth-order valence-corrected chi connectivity index (χ4v) is 5.55. The van der Waals surface area contributed by atoms with Crippen LogP contribution >= 0.6 is 0 Å². The van der Waals surface area contributed by atoms with Crippen molar-refractivity contribution in [2.75, 3.05) is 13.7 Å². The van der Waals surface area contributed by atoms with Gasteiger partial charge < -0.3 is 23.7 Å². The van der Waals surface area contributed by atoms with Crippen LogP contribution in [0.2, 0.25) is 0 Å². The highest BCUT2D eigenvalue weighted by atomic mass is 32.2. The number of rotatable bonds is 5. The smallest absolute Gasteiger partial charge is 0.269 e. The van der Waals surface area contributed by atoms with Crippen molar-refractivity contribution in [2.45, 2.75) is 74.8 Å². The van der Waals surface area contributed by atoms with Crippen LogP contribution in [0.3, 0.4) is 0 Å². The van der Waals surface area contributed by atoms with Crippen LogP contribution < -0.4 is 0 Å². The Bertz CT molecular complexity index is 963. The third-order valence-electron chi connectivity index (χ3n) is 5.59. The molecule has 3 fully saturated rings. The third-order valence-corrected chi connectivity index (χ3v) is 7.46. The summed E-state index contributed by atoms with van der Waals surface area (Å²) in [4.78, 5) is 10.2. The second-order valence-corrected chi connectivity index (χ2v) is 10.7. The molecule has 4 rings (SSSR count). The molecule has 3 heterocycles. The van der Waals surface area contributed by atoms with Gasteiger partial charge in [-0.05, 0) is 39.8 Å². The minimum atomic E-state index is -4.03. The number of fused-ring (bicyclic) bond motifs is 1. The van der Waals surface area contributed by atoms with Crippen LogP contribution in [0, 0.1) is 10.1 Å². The molecule has 172 valence electrons. The summed E-state index contributed by atoms with van der Waals surface area (Å²) in [5.74, 6) is -1.77. The number of non-ortho nitro benzene ring substituents is 1. The lowest BCUT2D eigenvalue weighted by Crippen LogP contribution is -2.53. The molecule has 1 aromatic carbocycles. The van der Waals surface area contributed by atoms with Gasteiger partial charge in [0.15, 0.2) is 17.9 Å². The highest BCUT2D eigenvalue weighted by Gasteiger charge is 2.60. The van der Waals surface area contributed by atoms with Gasteiger partial charge in [-0.2, -0.15) is 4.31 Å². The van der Waals surface area contributed by atoms with Crippen molar-refractivity contribution in [1.82, 2.24) is 4.31 Å². The fraction of sp³-hybridized carbons (Fsp3) is 0.684. The van der Waals surface area contributed by atoms with Gasteiger partial charge in [-0.1, -0.05) is 0 Å². The lowest BCUT2D eigenvalue weighted by atomic mass is 10.0. The number of nitro benzene ring substituents is 1. The van der Waals surface area contributed by atoms with Gasteiger partial charge in [0.05, 0.1) is 22.5 Å². The average molecular weight is 458 g/mol. The van der Waals surface area contributed by atoms with E-state index < -0.39 is 57.2 Å². The van der Waals surface area contributed by atoms with Crippen molar-refractivity contribution in [3.05, 3.63) is 34.4 Å². The molecule has 0 spiro atoms. The van der Waals surface area contributed by atoms with E-state index in [4.69, 9.17) is 23.7 Å². The summed E-state index contributed by atoms with van der Waals surface area (Å²) in [7, 11) is -2.61. The molecule has 0 aliphatic carbocycles. The predicted octanol–water partition coefficient (Wildman–Crippen LogP) is 1.61. The summed E-state index contributed by atoms with van der Waals surface area (Å²) in [6.07, 6.45) is -2.70. The van der Waals surface area contributed by atoms with Crippen LogP contribution in [-0.2, 0) is 33.7 Å². The van der Waals surface area contributed by atoms with E-state index in [2.05, 4.69) is 0 Å². The topological polar surface area (TPSA) is 127 Å². The summed E-state index contributed by atoms with van der Waals surface area (Å²) in [5.41, 5.74) is -0.197. The first-order chi connectivity index (χ1) is 14.3. The predicted molar refractivity (Wildman–Crippen MR) is 105 cm³/mol. The normalized spacial score (nSPS) is 34.2. The van der Waals surface area contributed by atoms with Crippen LogP contribution in [-0.4, -0.2) is 73.5 Å². The summed E-state index contributed by atoms with van der Waals surface area (Å²) in [6.45, 7) is 7.21. The molecule has 1 aromatic rings. The molecule has 0 unspecified atom stereocenters. The second-order valence-electron chi connectivity index (χ2n) is 8.70. The maximum atomic E-state index is 13.4. The maximum Gasteiger partial charge on any atom is 0.269 e. The number of likely N-dealkylation sites (N-methyl/N-ethyl adjacent to an activating group) is 1. The summed E-state index contributed by atoms with van der Waals surface area (Å²) < 4.78 is 57.4. The van der Waals surface area contributed by atoms with Gasteiger partial charge in [0, 0.05) is 19.2 Å². The molecular formula is C19H26N2O9S. The van der Waals surface area contributed by atoms with Crippen molar-refractivity contribution in [1.29, 1.82) is 0 Å². The first kappa shape index (κ1) is 22.5. The standard InChI is InChI=1S/C19H26N2O9S/c1-18(2)26-10-13(28-18)15-14(16-17(27-15)30-19(3,4)29-16)20(5)31(24,25)12-8-6-11(7-9-12)21(22)23/h6-9,13-17H,10H2,1-5H3/t13-,14+,15-,16-,17-/m1/s1. The Morgan fingerprint density at radius 1 is 1.03 bits per heavy atom. The Labute approximate surface area is 180 Å². The van der Waals surface area contributed by atoms with Gasteiger partial charge in [-0.25, -0.2) is 8.42 Å². The molecule has 3 saturated heterocycles. The van der Waals surface area contributed by atoms with Crippen LogP contribution in [0.15, 0.2) is 29.2 Å². The first-order valence-corrected chi connectivity index (χ1v) is 11.3. The summed E-state index contributed by atoms with van der Waals surface area (Å²) in [6, 6.07) is 3.96. The van der Waals surface area contributed by atoms with Gasteiger partial charge in [0.25, 0.3) is 5.69 Å². The lowest BCUT2D eigenvalue weighted by Gasteiger charge is -2.34. The average Bonchev–Trinajstić information content (AvgIpc) is 3.29. The molecule has 11 nitrogen and oxygen atoms in total. The monoisotopic (exact) mass is 458 g/mol. The molecule has 0 bridgehead atoms. The minimum Gasteiger partial charge on any atom is -0.348 e. The highest BCUT2D eigenvalue weighted by molar-refractivity contribution is 7.89. The lowest BCUT2D eigenvalue weighted by molar-refractivity contribution is -0.384. The van der Waals surface area contributed by atoms with Crippen LogP contribution in [0.25, 0.3) is 0 Å². The van der Waals surface area contributed by atoms with Crippen molar-refractivity contribution in [2.24, 2.45) is 0 Å². The van der Waals surface area contributed by atoms with Crippen molar-refractivity contribution >= 4 is 15.7 Å². The van der Waals surface area contributed by atoms with E-state index in [9.17, 15) is 18.5 Å². The molecule has 0 N–H and O–H groups in total. The van der Waals surface area contributed by atoms with E-state index >= 15 is 0 Å². The van der Waals surface area contributed by atoms with Crippen molar-refractivity contribution in [3.8, 4) is 0 Å². The van der Waals surface area contributed by atoms with Gasteiger partial charge in [-0.3, -0.25) is 10.1 Å². The zero-order valence-corrected chi connectivity index (χ0v) is 18.7. The zero-order chi connectivity index (χ0) is 22.8. The van der Waals surface area contributed by atoms with Crippen LogP contribution in [0.4, 0.5) is 5.69 Å². The molecule has 0 radical (unpaired) electrons. The highest BCUT2D eigenvalue weighted by Crippen LogP contribution is 2.43. The molecule has 0 aromatic heterocycles. The second kappa shape index (κ2) is 7.44. The third kappa shape index (κ3) is 4.09. The summed E-state index contributed by atoms with van der Waals surface area (Å²) >= 11 is 0. The number of hydrogen-bond acceptors (Lipinski definition) is 9. The minimum absolute atomic E-state index is 0.0788. The molecular weight excluding hydrogens is 432 g/mol. The first-order valence-electron chi connectivity index (χ1n) is 9.86. The molecule has 0 saturated carbocycles. The van der Waals surface area contributed by atoms with E-state index in [1.165, 1.54) is 23.5 Å². The molecule has 0 amide bonds. The number of sulfonamides is 1. The largest absolute Gasteiger partial charge is 0.348 e. The number of benzene rings is 1. The van der Waals surface area contributed by atoms with Gasteiger partial charge in [0.1, 0.15) is 18.3 Å². The molecule has 3 aliphatic heterocycles. The van der Waals surface area contributed by atoms with E-state index in [1.807, 2.05) is 0 Å². The molecule has 5 atom stereocenters. The van der Waals surface area contributed by atoms with E-state index in [0.717, 1.165) is 12.1 Å².